The minimum Gasteiger partial charge on any atom is -0.756 e. The van der Waals surface area contributed by atoms with E-state index in [4.69, 9.17) is 44.3 Å². The molecule has 304 valence electrons. The summed E-state index contributed by atoms with van der Waals surface area (Å²) < 4.78 is 47.9. The third-order valence-electron chi connectivity index (χ3n) is 8.32. The molecule has 52 heavy (non-hydrogen) atoms. The zero-order valence-corrected chi connectivity index (χ0v) is 34.6. The molecule has 0 heterocycles. The second-order valence-corrected chi connectivity index (χ2v) is 18.1. The summed E-state index contributed by atoms with van der Waals surface area (Å²) in [6.07, 6.45) is -0.0709. The van der Waals surface area contributed by atoms with Gasteiger partial charge in [-0.15, -0.1) is 11.6 Å². The highest BCUT2D eigenvalue weighted by Gasteiger charge is 2.50. The monoisotopic (exact) mass is 789 g/mol. The zero-order chi connectivity index (χ0) is 40.8. The van der Waals surface area contributed by atoms with E-state index in [1.54, 1.807) is 34.6 Å². The Morgan fingerprint density at radius 3 is 1.60 bits per heavy atom. The number of carbonyl (C=O) groups is 5. The molecular formula is C34H61ClNO15P. The van der Waals surface area contributed by atoms with Crippen molar-refractivity contribution in [1.29, 1.82) is 0 Å². The Bertz CT molecular complexity index is 1270. The van der Waals surface area contributed by atoms with Gasteiger partial charge in [0.15, 0.2) is 0 Å². The molecule has 0 rings (SSSR count). The van der Waals surface area contributed by atoms with E-state index >= 15 is 0 Å². The highest BCUT2D eigenvalue weighted by Crippen LogP contribution is 2.46. The standard InChI is InChI=1S/C34H61ClNO15P/c1-13-32(6,24-33(7,28(41)46-17-15-37)22-30(2,3)25(38)45-12)27(40)48-19-18-47-26(39)31(4,5)23-34(8,35)29(42)49-20-21-51-52(43,44)50-16-14-36(9,10)11/h37H,13-24H2,1-12H3. The normalized spacial score (nSPS) is 17.0. The number of phosphoric ester groups is 1. The molecule has 0 bridgehead atoms. The maximum atomic E-state index is 13.4. The molecular weight excluding hydrogens is 729 g/mol. The quantitative estimate of drug-likeness (QED) is 0.0352. The van der Waals surface area contributed by atoms with Gasteiger partial charge in [-0.3, -0.25) is 28.5 Å². The van der Waals surface area contributed by atoms with Crippen LogP contribution in [0.5, 0.6) is 0 Å². The van der Waals surface area contributed by atoms with E-state index in [2.05, 4.69) is 0 Å². The first kappa shape index (κ1) is 49.7. The number of esters is 5. The minimum absolute atomic E-state index is 0.0259. The number of ether oxygens (including phenoxy) is 5. The fourth-order valence-electron chi connectivity index (χ4n) is 5.56. The Kier molecular flexibility index (Phi) is 19.5. The van der Waals surface area contributed by atoms with Gasteiger partial charge in [0, 0.05) is 0 Å². The Morgan fingerprint density at radius 2 is 1.10 bits per heavy atom. The van der Waals surface area contributed by atoms with Crippen molar-refractivity contribution in [3.8, 4) is 0 Å². The Morgan fingerprint density at radius 1 is 0.654 bits per heavy atom. The summed E-state index contributed by atoms with van der Waals surface area (Å²) in [4.78, 5) is 74.9. The van der Waals surface area contributed by atoms with Gasteiger partial charge in [-0.25, -0.2) is 0 Å². The Hall–Kier alpha value is -2.33. The number of hydrogen-bond donors (Lipinski definition) is 1. The number of phosphoric acid groups is 1. The van der Waals surface area contributed by atoms with Crippen LogP contribution in [0, 0.1) is 21.7 Å². The first-order chi connectivity index (χ1) is 23.5. The second kappa shape index (κ2) is 20.4. The number of alkyl halides is 1. The molecule has 16 nitrogen and oxygen atoms in total. The van der Waals surface area contributed by atoms with Crippen molar-refractivity contribution in [2.45, 2.75) is 85.9 Å². The Balaban J connectivity index is 5.24. The Labute approximate surface area is 313 Å². The maximum absolute atomic E-state index is 13.4. The molecule has 0 saturated carbocycles. The second-order valence-electron chi connectivity index (χ2n) is 15.9. The number of likely N-dealkylation sites (N-methyl/N-ethyl adjacent to an activating group) is 1. The van der Waals surface area contributed by atoms with E-state index < -0.39 is 84.0 Å². The zero-order valence-electron chi connectivity index (χ0n) is 32.9. The number of halogens is 1. The predicted octanol–water partition coefficient (Wildman–Crippen LogP) is 3.18. The van der Waals surface area contributed by atoms with Gasteiger partial charge < -0.3 is 47.2 Å². The van der Waals surface area contributed by atoms with Crippen molar-refractivity contribution in [3.05, 3.63) is 0 Å². The van der Waals surface area contributed by atoms with Crippen LogP contribution in [0.3, 0.4) is 0 Å². The largest absolute Gasteiger partial charge is 0.756 e. The average Bonchev–Trinajstić information content (AvgIpc) is 3.01. The number of nitrogens with zero attached hydrogens (tertiary/aromatic N) is 1. The number of aliphatic hydroxyl groups excluding tert-OH is 1. The first-order valence-electron chi connectivity index (χ1n) is 17.0. The molecule has 0 radical (unpaired) electrons. The van der Waals surface area contributed by atoms with Crippen LogP contribution in [-0.4, -0.2) is 125 Å². The minimum atomic E-state index is -4.61. The topological polar surface area (TPSA) is 210 Å². The van der Waals surface area contributed by atoms with Crippen LogP contribution in [0.4, 0.5) is 0 Å². The van der Waals surface area contributed by atoms with Crippen molar-refractivity contribution in [2.24, 2.45) is 21.7 Å². The molecule has 4 unspecified atom stereocenters. The number of methoxy groups -OCH3 is 1. The molecule has 0 aliphatic carbocycles. The summed E-state index contributed by atoms with van der Waals surface area (Å²) in [5, 5.41) is 9.18. The molecule has 0 aromatic carbocycles. The van der Waals surface area contributed by atoms with Crippen LogP contribution in [0.1, 0.15) is 81.1 Å². The molecule has 0 saturated heterocycles. The number of carbonyl (C=O) groups excluding carboxylic acids is 5. The van der Waals surface area contributed by atoms with Crippen molar-refractivity contribution >= 4 is 49.3 Å². The van der Waals surface area contributed by atoms with Crippen molar-refractivity contribution in [2.75, 3.05) is 81.0 Å². The molecule has 18 heteroatoms. The molecule has 1 N–H and O–H groups in total. The lowest BCUT2D eigenvalue weighted by atomic mass is 9.65. The molecule has 0 aromatic rings. The third-order valence-corrected chi connectivity index (χ3v) is 9.61. The molecule has 0 amide bonds. The number of rotatable bonds is 25. The smallest absolute Gasteiger partial charge is 0.327 e. The average molecular weight is 790 g/mol. The van der Waals surface area contributed by atoms with Crippen molar-refractivity contribution in [1.82, 2.24) is 0 Å². The van der Waals surface area contributed by atoms with Gasteiger partial charge in [0.05, 0.1) is 63.1 Å². The van der Waals surface area contributed by atoms with Crippen LogP contribution in [0.15, 0.2) is 0 Å². The predicted molar refractivity (Wildman–Crippen MR) is 188 cm³/mol. The third kappa shape index (κ3) is 17.2. The van der Waals surface area contributed by atoms with Gasteiger partial charge in [0.25, 0.3) is 7.82 Å². The summed E-state index contributed by atoms with van der Waals surface area (Å²) in [7, 11) is 2.23. The highest BCUT2D eigenvalue weighted by atomic mass is 35.5. The summed E-state index contributed by atoms with van der Waals surface area (Å²) >= 11 is 6.43. The van der Waals surface area contributed by atoms with E-state index in [1.807, 2.05) is 21.1 Å². The molecule has 0 aliphatic heterocycles. The number of aliphatic hydroxyl groups is 1. The summed E-state index contributed by atoms with van der Waals surface area (Å²) in [6, 6.07) is 0. The van der Waals surface area contributed by atoms with E-state index in [0.717, 1.165) is 0 Å². The first-order valence-corrected chi connectivity index (χ1v) is 18.8. The number of quaternary nitrogens is 1. The lowest BCUT2D eigenvalue weighted by Gasteiger charge is -2.39. The van der Waals surface area contributed by atoms with E-state index in [1.165, 1.54) is 27.9 Å². The fourth-order valence-corrected chi connectivity index (χ4v) is 6.62. The van der Waals surface area contributed by atoms with Gasteiger partial charge in [0.1, 0.15) is 44.5 Å². The maximum Gasteiger partial charge on any atom is 0.327 e. The lowest BCUT2D eigenvalue weighted by molar-refractivity contribution is -0.870. The molecule has 4 atom stereocenters. The highest BCUT2D eigenvalue weighted by molar-refractivity contribution is 7.45. The summed E-state index contributed by atoms with van der Waals surface area (Å²) in [5.74, 6) is -3.59. The van der Waals surface area contributed by atoms with Gasteiger partial charge in [-0.1, -0.05) is 6.92 Å². The SMILES string of the molecule is CCC(C)(CC(C)(CC(C)(C)C(=O)OC)C(=O)OCCO)C(=O)OCCOC(=O)C(C)(C)CC(C)(Cl)C(=O)OCCOP(=O)([O-])OCC[N+](C)(C)C. The van der Waals surface area contributed by atoms with Crippen LogP contribution in [0.2, 0.25) is 0 Å². The molecule has 0 aromatic heterocycles. The molecule has 0 aliphatic rings. The molecule has 0 fully saturated rings. The van der Waals surface area contributed by atoms with E-state index in [9.17, 15) is 38.5 Å². The van der Waals surface area contributed by atoms with Crippen LogP contribution in [-0.2, 0) is 61.3 Å². The lowest BCUT2D eigenvalue weighted by Crippen LogP contribution is -2.44. The number of hydrogen-bond acceptors (Lipinski definition) is 15. The molecule has 0 spiro atoms. The van der Waals surface area contributed by atoms with Crippen molar-refractivity contribution in [3.63, 3.8) is 0 Å². The van der Waals surface area contributed by atoms with E-state index in [-0.39, 0.29) is 52.1 Å². The van der Waals surface area contributed by atoms with E-state index in [0.29, 0.717) is 11.0 Å². The fraction of sp³-hybridized carbons (Fsp3) is 0.853. The van der Waals surface area contributed by atoms with Gasteiger partial charge >= 0.3 is 29.8 Å². The van der Waals surface area contributed by atoms with Crippen LogP contribution < -0.4 is 4.89 Å². The van der Waals surface area contributed by atoms with Gasteiger partial charge in [-0.2, -0.15) is 0 Å². The summed E-state index contributed by atoms with van der Waals surface area (Å²) in [5.41, 5.74) is -5.00. The van der Waals surface area contributed by atoms with Crippen LogP contribution in [0.25, 0.3) is 0 Å². The van der Waals surface area contributed by atoms with Crippen molar-refractivity contribution < 1.29 is 75.8 Å². The van der Waals surface area contributed by atoms with Gasteiger partial charge in [0.2, 0.25) is 0 Å². The summed E-state index contributed by atoms with van der Waals surface area (Å²) in [6.45, 7) is 10.6. The van der Waals surface area contributed by atoms with Gasteiger partial charge in [-0.05, 0) is 74.1 Å². The van der Waals surface area contributed by atoms with Crippen LogP contribution >= 0.6 is 19.4 Å².